The van der Waals surface area contributed by atoms with Gasteiger partial charge in [-0.1, -0.05) is 11.6 Å². The van der Waals surface area contributed by atoms with E-state index in [4.69, 9.17) is 21.1 Å². The summed E-state index contributed by atoms with van der Waals surface area (Å²) in [7, 11) is -0.702. The van der Waals surface area contributed by atoms with Gasteiger partial charge in [-0.2, -0.15) is 5.10 Å². The normalized spacial score (nSPS) is 11.2. The second-order valence-electron chi connectivity index (χ2n) is 6.44. The summed E-state index contributed by atoms with van der Waals surface area (Å²) in [4.78, 5) is 12.4. The maximum Gasteiger partial charge on any atom is 0.271 e. The third-order valence-corrected chi connectivity index (χ3v) is 5.98. The van der Waals surface area contributed by atoms with Crippen LogP contribution >= 0.6 is 11.6 Å². The van der Waals surface area contributed by atoms with Crippen LogP contribution in [0.4, 0.5) is 5.69 Å². The summed E-state index contributed by atoms with van der Waals surface area (Å²) in [6, 6.07) is 16.9. The van der Waals surface area contributed by atoms with Crippen LogP contribution in [0.25, 0.3) is 0 Å². The molecule has 0 radical (unpaired) electrons. The van der Waals surface area contributed by atoms with E-state index >= 15 is 0 Å². The number of amides is 1. The molecule has 0 saturated carbocycles. The summed E-state index contributed by atoms with van der Waals surface area (Å²) in [6.45, 7) is 0. The Bertz CT molecular complexity index is 1230. The van der Waals surface area contributed by atoms with Gasteiger partial charge in [-0.05, 0) is 66.7 Å². The van der Waals surface area contributed by atoms with E-state index in [9.17, 15) is 13.2 Å². The van der Waals surface area contributed by atoms with E-state index in [1.54, 1.807) is 25.3 Å². The first-order chi connectivity index (χ1) is 15.3. The number of anilines is 1. The number of rotatable bonds is 8. The Morgan fingerprint density at radius 2 is 1.66 bits per heavy atom. The van der Waals surface area contributed by atoms with Gasteiger partial charge in [0.1, 0.15) is 11.5 Å². The van der Waals surface area contributed by atoms with E-state index in [2.05, 4.69) is 15.2 Å². The fourth-order valence-corrected chi connectivity index (χ4v) is 3.87. The second kappa shape index (κ2) is 10.2. The lowest BCUT2D eigenvalue weighted by Gasteiger charge is -2.09. The SMILES string of the molecule is COc1ccc(OC)c(/C=N/NC(=O)c2ccc(NS(=O)(=O)c3ccc(Cl)cc3)cc2)c1. The van der Waals surface area contributed by atoms with Gasteiger partial charge in [0.05, 0.1) is 25.3 Å². The number of carbonyl (C=O) groups is 1. The molecule has 3 aromatic carbocycles. The molecule has 10 heteroatoms. The molecule has 0 atom stereocenters. The van der Waals surface area contributed by atoms with E-state index in [1.807, 2.05) is 0 Å². The summed E-state index contributed by atoms with van der Waals surface area (Å²) in [5, 5.41) is 4.39. The van der Waals surface area contributed by atoms with Gasteiger partial charge in [0.15, 0.2) is 0 Å². The number of benzene rings is 3. The Balaban J connectivity index is 1.65. The minimum Gasteiger partial charge on any atom is -0.497 e. The lowest BCUT2D eigenvalue weighted by Crippen LogP contribution is -2.18. The Labute approximate surface area is 190 Å². The molecule has 3 aromatic rings. The molecular weight excluding hydrogens is 454 g/mol. The van der Waals surface area contributed by atoms with Crippen LogP contribution in [0, 0.1) is 0 Å². The third kappa shape index (κ3) is 5.77. The van der Waals surface area contributed by atoms with Crippen molar-refractivity contribution in [3.8, 4) is 11.5 Å². The molecule has 0 fully saturated rings. The zero-order chi connectivity index (χ0) is 23.1. The molecule has 2 N–H and O–H groups in total. The van der Waals surface area contributed by atoms with Crippen LogP contribution in [0.5, 0.6) is 11.5 Å². The molecule has 3 rings (SSSR count). The molecule has 0 aliphatic heterocycles. The fraction of sp³-hybridized carbons (Fsp3) is 0.0909. The molecule has 1 amide bonds. The first-order valence-corrected chi connectivity index (χ1v) is 11.1. The number of hydrogen-bond acceptors (Lipinski definition) is 6. The molecular formula is C22H20ClN3O5S. The number of nitrogens with zero attached hydrogens (tertiary/aromatic N) is 1. The first kappa shape index (κ1) is 23.1. The minimum atomic E-state index is -3.78. The quantitative estimate of drug-likeness (QED) is 0.381. The Morgan fingerprint density at radius 1 is 0.969 bits per heavy atom. The van der Waals surface area contributed by atoms with Crippen molar-refractivity contribution in [3.05, 3.63) is 82.9 Å². The van der Waals surface area contributed by atoms with Gasteiger partial charge in [-0.3, -0.25) is 9.52 Å². The second-order valence-corrected chi connectivity index (χ2v) is 8.56. The van der Waals surface area contributed by atoms with Crippen LogP contribution in [-0.2, 0) is 10.0 Å². The van der Waals surface area contributed by atoms with Crippen LogP contribution in [0.3, 0.4) is 0 Å². The standard InChI is InChI=1S/C22H20ClN3O5S/c1-30-19-9-12-21(31-2)16(13-19)14-24-25-22(27)15-3-7-18(8-4-15)26-32(28,29)20-10-5-17(23)6-11-20/h3-14,26H,1-2H3,(H,25,27)/b24-14+. The number of hydrazone groups is 1. The van der Waals surface area contributed by atoms with Crippen LogP contribution < -0.4 is 19.6 Å². The first-order valence-electron chi connectivity index (χ1n) is 9.26. The van der Waals surface area contributed by atoms with E-state index < -0.39 is 15.9 Å². The molecule has 0 heterocycles. The number of hydrogen-bond donors (Lipinski definition) is 2. The van der Waals surface area contributed by atoms with Crippen molar-refractivity contribution in [2.75, 3.05) is 18.9 Å². The topological polar surface area (TPSA) is 106 Å². The molecule has 8 nitrogen and oxygen atoms in total. The maximum atomic E-state index is 12.4. The Kier molecular flexibility index (Phi) is 7.34. The number of carbonyl (C=O) groups excluding carboxylic acids is 1. The highest BCUT2D eigenvalue weighted by atomic mass is 35.5. The van der Waals surface area contributed by atoms with Crippen LogP contribution in [0.15, 0.2) is 76.7 Å². The lowest BCUT2D eigenvalue weighted by molar-refractivity contribution is 0.0955. The average molecular weight is 474 g/mol. The van der Waals surface area contributed by atoms with Gasteiger partial charge in [0.2, 0.25) is 0 Å². The highest BCUT2D eigenvalue weighted by Gasteiger charge is 2.14. The summed E-state index contributed by atoms with van der Waals surface area (Å²) >= 11 is 5.79. The third-order valence-electron chi connectivity index (χ3n) is 4.33. The van der Waals surface area contributed by atoms with E-state index in [1.165, 1.54) is 61.9 Å². The molecule has 0 aliphatic rings. The lowest BCUT2D eigenvalue weighted by atomic mass is 10.2. The van der Waals surface area contributed by atoms with Crippen molar-refractivity contribution in [3.63, 3.8) is 0 Å². The summed E-state index contributed by atoms with van der Waals surface area (Å²) < 4.78 is 37.7. The van der Waals surface area contributed by atoms with Crippen LogP contribution in [0.2, 0.25) is 5.02 Å². The highest BCUT2D eigenvalue weighted by molar-refractivity contribution is 7.92. The Morgan fingerprint density at radius 3 is 2.28 bits per heavy atom. The fourth-order valence-electron chi connectivity index (χ4n) is 2.68. The smallest absolute Gasteiger partial charge is 0.271 e. The number of halogens is 1. The molecule has 0 aromatic heterocycles. The van der Waals surface area contributed by atoms with Crippen molar-refractivity contribution in [2.24, 2.45) is 5.10 Å². The van der Waals surface area contributed by atoms with E-state index in [0.717, 1.165) is 0 Å². The largest absolute Gasteiger partial charge is 0.497 e. The van der Waals surface area contributed by atoms with Crippen molar-refractivity contribution in [2.45, 2.75) is 4.90 Å². The van der Waals surface area contributed by atoms with E-state index in [-0.39, 0.29) is 4.90 Å². The summed E-state index contributed by atoms with van der Waals surface area (Å²) in [5.74, 6) is 0.728. The monoisotopic (exact) mass is 473 g/mol. The van der Waals surface area contributed by atoms with Crippen molar-refractivity contribution < 1.29 is 22.7 Å². The highest BCUT2D eigenvalue weighted by Crippen LogP contribution is 2.22. The van der Waals surface area contributed by atoms with E-state index in [0.29, 0.717) is 33.3 Å². The van der Waals surface area contributed by atoms with Crippen molar-refractivity contribution in [1.29, 1.82) is 0 Å². The molecule has 32 heavy (non-hydrogen) atoms. The summed E-state index contributed by atoms with van der Waals surface area (Å²) in [5.41, 5.74) is 3.65. The molecule has 0 spiro atoms. The van der Waals surface area contributed by atoms with Crippen molar-refractivity contribution in [1.82, 2.24) is 5.43 Å². The predicted molar refractivity (Wildman–Crippen MR) is 123 cm³/mol. The Hall–Kier alpha value is -3.56. The van der Waals surface area contributed by atoms with Gasteiger partial charge >= 0.3 is 0 Å². The minimum absolute atomic E-state index is 0.0750. The van der Waals surface area contributed by atoms with Gasteiger partial charge < -0.3 is 9.47 Å². The molecule has 0 unspecified atom stereocenters. The maximum absolute atomic E-state index is 12.4. The van der Waals surface area contributed by atoms with Gasteiger partial charge in [0.25, 0.3) is 15.9 Å². The number of ether oxygens (including phenoxy) is 2. The zero-order valence-electron chi connectivity index (χ0n) is 17.2. The number of methoxy groups -OCH3 is 2. The molecule has 0 bridgehead atoms. The zero-order valence-corrected chi connectivity index (χ0v) is 18.8. The van der Waals surface area contributed by atoms with Crippen molar-refractivity contribution >= 4 is 39.4 Å². The van der Waals surface area contributed by atoms with Crippen LogP contribution in [0.1, 0.15) is 15.9 Å². The molecule has 166 valence electrons. The number of nitrogens with one attached hydrogen (secondary N) is 2. The van der Waals surface area contributed by atoms with Gasteiger partial charge in [-0.15, -0.1) is 0 Å². The number of sulfonamides is 1. The van der Waals surface area contributed by atoms with Gasteiger partial charge in [-0.25, -0.2) is 13.8 Å². The summed E-state index contributed by atoms with van der Waals surface area (Å²) in [6.07, 6.45) is 1.44. The van der Waals surface area contributed by atoms with Crippen LogP contribution in [-0.4, -0.2) is 34.8 Å². The van der Waals surface area contributed by atoms with Gasteiger partial charge in [0, 0.05) is 21.8 Å². The molecule has 0 saturated heterocycles. The predicted octanol–water partition coefficient (Wildman–Crippen LogP) is 3.92. The average Bonchev–Trinajstić information content (AvgIpc) is 2.79. The molecule has 0 aliphatic carbocycles.